The van der Waals surface area contributed by atoms with Crippen molar-refractivity contribution in [3.8, 4) is 5.75 Å². The van der Waals surface area contributed by atoms with Gasteiger partial charge in [-0.1, -0.05) is 36.4 Å². The van der Waals surface area contributed by atoms with E-state index in [0.29, 0.717) is 12.1 Å². The predicted octanol–water partition coefficient (Wildman–Crippen LogP) is 0.761. The van der Waals surface area contributed by atoms with Crippen molar-refractivity contribution < 1.29 is 14.8 Å². The van der Waals surface area contributed by atoms with E-state index in [0.717, 1.165) is 25.4 Å². The Kier molecular flexibility index (Phi) is 4.24. The van der Waals surface area contributed by atoms with Crippen molar-refractivity contribution in [2.24, 2.45) is 0 Å². The van der Waals surface area contributed by atoms with E-state index in [-0.39, 0.29) is 0 Å². The first-order valence-electron chi connectivity index (χ1n) is 7.10. The molecule has 0 fully saturated rings. The van der Waals surface area contributed by atoms with Crippen molar-refractivity contribution in [3.63, 3.8) is 0 Å². The lowest BCUT2D eigenvalue weighted by Gasteiger charge is -2.15. The Labute approximate surface area is 124 Å². The highest BCUT2D eigenvalue weighted by Crippen LogP contribution is 2.21. The monoisotopic (exact) mass is 283 g/mol. The second kappa shape index (κ2) is 6.31. The van der Waals surface area contributed by atoms with Gasteiger partial charge >= 0.3 is 7.12 Å². The van der Waals surface area contributed by atoms with Crippen molar-refractivity contribution in [3.05, 3.63) is 59.7 Å². The van der Waals surface area contributed by atoms with Crippen molar-refractivity contribution in [2.75, 3.05) is 13.2 Å². The Morgan fingerprint density at radius 3 is 2.14 bits per heavy atom. The van der Waals surface area contributed by atoms with Gasteiger partial charge < -0.3 is 14.8 Å². The molecule has 2 aromatic rings. The lowest BCUT2D eigenvalue weighted by Crippen LogP contribution is -2.29. The summed E-state index contributed by atoms with van der Waals surface area (Å²) in [4.78, 5) is 2.36. The minimum absolute atomic E-state index is 0.470. The predicted molar refractivity (Wildman–Crippen MR) is 82.3 cm³/mol. The molecule has 0 amide bonds. The van der Waals surface area contributed by atoms with Gasteiger partial charge in [-0.05, 0) is 28.7 Å². The summed E-state index contributed by atoms with van der Waals surface area (Å²) in [6, 6.07) is 15.3. The van der Waals surface area contributed by atoms with Gasteiger partial charge in [0.2, 0.25) is 0 Å². The molecule has 0 unspecified atom stereocenters. The number of ether oxygens (including phenoxy) is 1. The van der Waals surface area contributed by atoms with Crippen molar-refractivity contribution in [1.82, 2.24) is 4.90 Å². The molecule has 5 heteroatoms. The average molecular weight is 283 g/mol. The summed E-state index contributed by atoms with van der Waals surface area (Å²) >= 11 is 0. The molecule has 0 saturated heterocycles. The number of rotatable bonds is 5. The minimum atomic E-state index is -1.43. The molecule has 108 valence electrons. The number of nitrogens with zero attached hydrogens (tertiary/aromatic N) is 1. The molecule has 2 aromatic carbocycles. The summed E-state index contributed by atoms with van der Waals surface area (Å²) in [6.07, 6.45) is 0. The van der Waals surface area contributed by atoms with Crippen molar-refractivity contribution in [2.45, 2.75) is 13.1 Å². The Morgan fingerprint density at radius 1 is 0.952 bits per heavy atom. The van der Waals surface area contributed by atoms with Crippen LogP contribution in [0, 0.1) is 0 Å². The van der Waals surface area contributed by atoms with E-state index in [2.05, 4.69) is 29.2 Å². The van der Waals surface area contributed by atoms with Crippen LogP contribution in [0.4, 0.5) is 0 Å². The van der Waals surface area contributed by atoms with Crippen LogP contribution in [0.1, 0.15) is 11.1 Å². The van der Waals surface area contributed by atoms with E-state index < -0.39 is 7.12 Å². The van der Waals surface area contributed by atoms with E-state index in [1.54, 1.807) is 24.3 Å². The molecule has 0 radical (unpaired) electrons. The maximum Gasteiger partial charge on any atom is 0.488 e. The molecule has 2 N–H and O–H groups in total. The van der Waals surface area contributed by atoms with Crippen molar-refractivity contribution in [1.29, 1.82) is 0 Å². The molecule has 0 aromatic heterocycles. The molecule has 1 aliphatic heterocycles. The van der Waals surface area contributed by atoms with E-state index >= 15 is 0 Å². The smallest absolute Gasteiger partial charge is 0.488 e. The molecule has 0 saturated carbocycles. The van der Waals surface area contributed by atoms with Gasteiger partial charge in [0.15, 0.2) is 0 Å². The molecule has 0 aliphatic carbocycles. The summed E-state index contributed by atoms with van der Waals surface area (Å²) in [5.74, 6) is 0.746. The highest BCUT2D eigenvalue weighted by molar-refractivity contribution is 6.58. The summed E-state index contributed by atoms with van der Waals surface area (Å²) in [7, 11) is -1.43. The second-order valence-electron chi connectivity index (χ2n) is 5.27. The van der Waals surface area contributed by atoms with Gasteiger partial charge in [-0.25, -0.2) is 0 Å². The molecule has 0 bridgehead atoms. The largest absolute Gasteiger partial charge is 0.492 e. The Hall–Kier alpha value is -1.82. The third kappa shape index (κ3) is 3.45. The third-order valence-electron chi connectivity index (χ3n) is 3.76. The molecular formula is C16H18BNO3. The van der Waals surface area contributed by atoms with Gasteiger partial charge in [0.05, 0.1) is 0 Å². The van der Waals surface area contributed by atoms with E-state index in [1.807, 2.05) is 0 Å². The fourth-order valence-corrected chi connectivity index (χ4v) is 2.59. The van der Waals surface area contributed by atoms with Gasteiger partial charge in [0, 0.05) is 19.6 Å². The summed E-state index contributed by atoms with van der Waals surface area (Å²) in [6.45, 7) is 3.46. The SMILES string of the molecule is OB(O)c1ccc(OCCN2Cc3ccccc3C2)cc1. The van der Waals surface area contributed by atoms with Gasteiger partial charge in [0.25, 0.3) is 0 Å². The maximum absolute atomic E-state index is 9.03. The summed E-state index contributed by atoms with van der Waals surface area (Å²) < 4.78 is 5.70. The molecule has 21 heavy (non-hydrogen) atoms. The van der Waals surface area contributed by atoms with Crippen LogP contribution in [0.5, 0.6) is 5.75 Å². The molecule has 4 nitrogen and oxygen atoms in total. The Morgan fingerprint density at radius 2 is 1.57 bits per heavy atom. The number of benzene rings is 2. The average Bonchev–Trinajstić information content (AvgIpc) is 2.90. The third-order valence-corrected chi connectivity index (χ3v) is 3.76. The molecule has 1 aliphatic rings. The highest BCUT2D eigenvalue weighted by atomic mass is 16.5. The van der Waals surface area contributed by atoms with Crippen molar-refractivity contribution >= 4 is 12.6 Å². The Balaban J connectivity index is 1.47. The Bertz CT molecular complexity index is 576. The van der Waals surface area contributed by atoms with Crippen LogP contribution >= 0.6 is 0 Å². The van der Waals surface area contributed by atoms with Crippen LogP contribution < -0.4 is 10.2 Å². The van der Waals surface area contributed by atoms with Crippen LogP contribution in [0.25, 0.3) is 0 Å². The van der Waals surface area contributed by atoms with Crippen LogP contribution in [-0.2, 0) is 13.1 Å². The van der Waals surface area contributed by atoms with E-state index in [4.69, 9.17) is 14.8 Å². The van der Waals surface area contributed by atoms with Crippen LogP contribution in [-0.4, -0.2) is 35.2 Å². The number of hydrogen-bond donors (Lipinski definition) is 2. The van der Waals surface area contributed by atoms with E-state index in [1.165, 1.54) is 11.1 Å². The maximum atomic E-state index is 9.03. The quantitative estimate of drug-likeness (QED) is 0.796. The molecule has 0 atom stereocenters. The molecule has 1 heterocycles. The highest BCUT2D eigenvalue weighted by Gasteiger charge is 2.17. The summed E-state index contributed by atoms with van der Waals surface area (Å²) in [5, 5.41) is 18.1. The van der Waals surface area contributed by atoms with Gasteiger partial charge in [-0.2, -0.15) is 0 Å². The summed E-state index contributed by atoms with van der Waals surface area (Å²) in [5.41, 5.74) is 3.27. The van der Waals surface area contributed by atoms with Gasteiger partial charge in [0.1, 0.15) is 12.4 Å². The van der Waals surface area contributed by atoms with Crippen LogP contribution in [0.3, 0.4) is 0 Å². The zero-order valence-corrected chi connectivity index (χ0v) is 11.8. The number of fused-ring (bicyclic) bond motifs is 1. The number of hydrogen-bond acceptors (Lipinski definition) is 4. The fraction of sp³-hybridized carbons (Fsp3) is 0.250. The lowest BCUT2D eigenvalue weighted by molar-refractivity contribution is 0.211. The first kappa shape index (κ1) is 14.1. The van der Waals surface area contributed by atoms with E-state index in [9.17, 15) is 0 Å². The first-order valence-corrected chi connectivity index (χ1v) is 7.10. The van der Waals surface area contributed by atoms with Gasteiger partial charge in [-0.15, -0.1) is 0 Å². The normalized spacial score (nSPS) is 14.0. The second-order valence-corrected chi connectivity index (χ2v) is 5.27. The van der Waals surface area contributed by atoms with Gasteiger partial charge in [-0.3, -0.25) is 4.90 Å². The first-order chi connectivity index (χ1) is 10.2. The fourth-order valence-electron chi connectivity index (χ4n) is 2.59. The standard InChI is InChI=1S/C16H18BNO3/c19-17(20)15-5-7-16(8-6-15)21-10-9-18-11-13-3-1-2-4-14(13)12-18/h1-8,19-20H,9-12H2. The molecular weight excluding hydrogens is 265 g/mol. The topological polar surface area (TPSA) is 52.9 Å². The molecule has 3 rings (SSSR count). The minimum Gasteiger partial charge on any atom is -0.492 e. The lowest BCUT2D eigenvalue weighted by atomic mass is 9.80. The molecule has 0 spiro atoms. The zero-order valence-electron chi connectivity index (χ0n) is 11.8. The van der Waals surface area contributed by atoms with Crippen LogP contribution in [0.2, 0.25) is 0 Å². The zero-order chi connectivity index (χ0) is 14.7. The van der Waals surface area contributed by atoms with Crippen LogP contribution in [0.15, 0.2) is 48.5 Å².